The minimum absolute atomic E-state index is 0. The van der Waals surface area contributed by atoms with E-state index in [1.54, 1.807) is 0 Å². The summed E-state index contributed by atoms with van der Waals surface area (Å²) in [5.74, 6) is 0.622. The van der Waals surface area contributed by atoms with Crippen LogP contribution in [0, 0.1) is 11.3 Å². The summed E-state index contributed by atoms with van der Waals surface area (Å²) in [6.07, 6.45) is 5.68. The highest BCUT2D eigenvalue weighted by molar-refractivity contribution is 6.31. The normalized spacial score (nSPS) is 25.7. The van der Waals surface area contributed by atoms with Crippen molar-refractivity contribution in [2.45, 2.75) is 51.1 Å². The highest BCUT2D eigenvalue weighted by Gasteiger charge is 2.59. The minimum Gasteiger partial charge on any atom is -0.333 e. The number of carbonyl (C=O) groups is 1. The van der Waals surface area contributed by atoms with Crippen molar-refractivity contribution in [2.24, 2.45) is 11.3 Å². The lowest BCUT2D eigenvalue weighted by Crippen LogP contribution is -2.39. The summed E-state index contributed by atoms with van der Waals surface area (Å²) in [7, 11) is 0. The quantitative estimate of drug-likeness (QED) is 0.863. The van der Waals surface area contributed by atoms with Crippen LogP contribution >= 0.6 is 24.0 Å². The summed E-state index contributed by atoms with van der Waals surface area (Å²) in [6, 6.07) is 8.44. The molecular weight excluding hydrogens is 343 g/mol. The molecule has 1 amide bonds. The Morgan fingerprint density at radius 2 is 1.96 bits per heavy atom. The zero-order valence-corrected chi connectivity index (χ0v) is 15.7. The maximum absolute atomic E-state index is 13.2. The molecule has 3 nitrogen and oxygen atoms in total. The Balaban J connectivity index is 0.00000169. The summed E-state index contributed by atoms with van der Waals surface area (Å²) in [4.78, 5) is 15.4. The van der Waals surface area contributed by atoms with Crippen molar-refractivity contribution in [1.82, 2.24) is 10.2 Å². The molecule has 2 unspecified atom stereocenters. The van der Waals surface area contributed by atoms with Gasteiger partial charge in [-0.15, -0.1) is 12.4 Å². The third-order valence-corrected chi connectivity index (χ3v) is 6.40. The van der Waals surface area contributed by atoms with Crippen LogP contribution in [0.15, 0.2) is 24.3 Å². The Bertz CT molecular complexity index is 611. The number of hydrogen-bond acceptors (Lipinski definition) is 2. The first kappa shape index (κ1) is 18.0. The first-order valence-electron chi connectivity index (χ1n) is 8.90. The van der Waals surface area contributed by atoms with Crippen molar-refractivity contribution in [3.63, 3.8) is 0 Å². The van der Waals surface area contributed by atoms with Crippen molar-refractivity contribution in [1.29, 1.82) is 0 Å². The highest BCUT2D eigenvalue weighted by atomic mass is 35.5. The fourth-order valence-corrected chi connectivity index (χ4v) is 4.65. The topological polar surface area (TPSA) is 32.3 Å². The Morgan fingerprint density at radius 1 is 1.29 bits per heavy atom. The predicted molar refractivity (Wildman–Crippen MR) is 99.6 cm³/mol. The summed E-state index contributed by atoms with van der Waals surface area (Å²) in [5, 5.41) is 4.19. The molecule has 3 fully saturated rings. The SMILES string of the molecule is CC(c1ccccc1Cl)N(C(=O)C1CC12CCNCC2)C1CC1.Cl. The second-order valence-electron chi connectivity index (χ2n) is 7.54. The van der Waals surface area contributed by atoms with Crippen molar-refractivity contribution >= 4 is 29.9 Å². The van der Waals surface area contributed by atoms with Gasteiger partial charge in [0, 0.05) is 17.0 Å². The van der Waals surface area contributed by atoms with Crippen LogP contribution in [0.25, 0.3) is 0 Å². The molecule has 1 heterocycles. The number of amides is 1. The number of piperidine rings is 1. The Labute approximate surface area is 155 Å². The van der Waals surface area contributed by atoms with Gasteiger partial charge >= 0.3 is 0 Å². The number of nitrogens with zero attached hydrogens (tertiary/aromatic N) is 1. The fraction of sp³-hybridized carbons (Fsp3) is 0.632. The van der Waals surface area contributed by atoms with Crippen LogP contribution < -0.4 is 5.32 Å². The third kappa shape index (κ3) is 3.18. The lowest BCUT2D eigenvalue weighted by molar-refractivity contribution is -0.136. The van der Waals surface area contributed by atoms with Gasteiger partial charge in [-0.05, 0) is 69.2 Å². The van der Waals surface area contributed by atoms with Gasteiger partial charge in [0.1, 0.15) is 0 Å². The van der Waals surface area contributed by atoms with Crippen molar-refractivity contribution in [3.8, 4) is 0 Å². The molecule has 1 aromatic rings. The summed E-state index contributed by atoms with van der Waals surface area (Å²) < 4.78 is 0. The van der Waals surface area contributed by atoms with Crippen LogP contribution in [0.4, 0.5) is 0 Å². The molecule has 1 saturated heterocycles. The molecule has 1 aromatic carbocycles. The van der Waals surface area contributed by atoms with E-state index in [1.807, 2.05) is 18.2 Å². The van der Waals surface area contributed by atoms with Gasteiger partial charge in [0.05, 0.1) is 6.04 Å². The van der Waals surface area contributed by atoms with Gasteiger partial charge in [0.25, 0.3) is 0 Å². The molecule has 2 saturated carbocycles. The molecule has 0 aromatic heterocycles. The number of carbonyl (C=O) groups excluding carboxylic acids is 1. The van der Waals surface area contributed by atoms with Gasteiger partial charge < -0.3 is 10.2 Å². The van der Waals surface area contributed by atoms with E-state index in [1.165, 1.54) is 0 Å². The van der Waals surface area contributed by atoms with E-state index in [2.05, 4.69) is 23.2 Å². The lowest BCUT2D eigenvalue weighted by Gasteiger charge is -2.32. The average molecular weight is 369 g/mol. The number of nitrogens with one attached hydrogen (secondary N) is 1. The van der Waals surface area contributed by atoms with E-state index < -0.39 is 0 Å². The monoisotopic (exact) mass is 368 g/mol. The Morgan fingerprint density at radius 3 is 2.58 bits per heavy atom. The fourth-order valence-electron chi connectivity index (χ4n) is 4.36. The number of rotatable bonds is 4. The average Bonchev–Trinajstić information content (AvgIpc) is 3.47. The lowest BCUT2D eigenvalue weighted by atomic mass is 9.91. The molecule has 132 valence electrons. The highest BCUT2D eigenvalue weighted by Crippen LogP contribution is 2.60. The van der Waals surface area contributed by atoms with E-state index in [0.29, 0.717) is 17.4 Å². The number of hydrogen-bond donors (Lipinski definition) is 1. The standard InChI is InChI=1S/C19H25ClN2O.ClH/c1-13(15-4-2-3-5-17(15)20)22(14-6-7-14)18(23)16-12-19(16)8-10-21-11-9-19;/h2-5,13-14,16,21H,6-12H2,1H3;1H. The van der Waals surface area contributed by atoms with Crippen molar-refractivity contribution in [2.75, 3.05) is 13.1 Å². The molecule has 24 heavy (non-hydrogen) atoms. The van der Waals surface area contributed by atoms with Gasteiger partial charge in [-0.1, -0.05) is 29.8 Å². The predicted octanol–water partition coefficient (Wildman–Crippen LogP) is 4.20. The van der Waals surface area contributed by atoms with Gasteiger partial charge in [-0.25, -0.2) is 0 Å². The molecule has 4 rings (SSSR count). The second-order valence-corrected chi connectivity index (χ2v) is 7.95. The van der Waals surface area contributed by atoms with Crippen LogP contribution in [0.5, 0.6) is 0 Å². The summed E-state index contributed by atoms with van der Waals surface area (Å²) in [6.45, 7) is 4.26. The maximum atomic E-state index is 13.2. The minimum atomic E-state index is 0. The summed E-state index contributed by atoms with van der Waals surface area (Å²) >= 11 is 6.38. The number of benzene rings is 1. The maximum Gasteiger partial charge on any atom is 0.227 e. The van der Waals surface area contributed by atoms with E-state index in [-0.39, 0.29) is 24.4 Å². The summed E-state index contributed by atoms with van der Waals surface area (Å²) in [5.41, 5.74) is 1.38. The molecule has 3 aliphatic rings. The van der Waals surface area contributed by atoms with Gasteiger partial charge in [0.15, 0.2) is 0 Å². The smallest absolute Gasteiger partial charge is 0.227 e. The van der Waals surface area contributed by atoms with Crippen LogP contribution in [-0.2, 0) is 4.79 Å². The molecule has 0 bridgehead atoms. The van der Waals surface area contributed by atoms with Crippen molar-refractivity contribution < 1.29 is 4.79 Å². The van der Waals surface area contributed by atoms with Crippen LogP contribution in [0.1, 0.15) is 50.6 Å². The van der Waals surface area contributed by atoms with E-state index >= 15 is 0 Å². The molecule has 2 aliphatic carbocycles. The van der Waals surface area contributed by atoms with Crippen molar-refractivity contribution in [3.05, 3.63) is 34.9 Å². The molecule has 2 atom stereocenters. The number of halogens is 2. The Hall–Kier alpha value is -0.770. The first-order chi connectivity index (χ1) is 11.1. The molecule has 1 spiro atoms. The molecule has 5 heteroatoms. The largest absolute Gasteiger partial charge is 0.333 e. The second kappa shape index (κ2) is 6.86. The molecule has 0 radical (unpaired) electrons. The van der Waals surface area contributed by atoms with Crippen LogP contribution in [0.3, 0.4) is 0 Å². The van der Waals surface area contributed by atoms with E-state index in [0.717, 1.165) is 55.8 Å². The first-order valence-corrected chi connectivity index (χ1v) is 9.27. The zero-order valence-electron chi connectivity index (χ0n) is 14.1. The van der Waals surface area contributed by atoms with Gasteiger partial charge in [-0.2, -0.15) is 0 Å². The van der Waals surface area contributed by atoms with E-state index in [9.17, 15) is 4.79 Å². The Kier molecular flexibility index (Phi) is 5.15. The van der Waals surface area contributed by atoms with Crippen LogP contribution in [-0.4, -0.2) is 29.9 Å². The van der Waals surface area contributed by atoms with E-state index in [4.69, 9.17) is 11.6 Å². The van der Waals surface area contributed by atoms with Gasteiger partial charge in [0.2, 0.25) is 5.91 Å². The third-order valence-electron chi connectivity index (χ3n) is 6.05. The van der Waals surface area contributed by atoms with Gasteiger partial charge in [-0.3, -0.25) is 4.79 Å². The molecular formula is C19H26Cl2N2O. The zero-order chi connectivity index (χ0) is 16.0. The molecule has 1 aliphatic heterocycles. The molecule has 1 N–H and O–H groups in total. The van der Waals surface area contributed by atoms with Crippen LogP contribution in [0.2, 0.25) is 5.02 Å².